The van der Waals surface area contributed by atoms with Crippen LogP contribution in [0.3, 0.4) is 0 Å². The maximum atomic E-state index is 5.91. The van der Waals surface area contributed by atoms with Crippen molar-refractivity contribution >= 4 is 23.8 Å². The number of hydrazone groups is 1. The van der Waals surface area contributed by atoms with Gasteiger partial charge in [-0.05, 0) is 28.8 Å². The minimum absolute atomic E-state index is 0.00870. The number of hydrogen-bond donors (Lipinski definition) is 3. The zero-order chi connectivity index (χ0) is 19.2. The fraction of sp³-hybridized carbons (Fsp3) is 0.0909. The Hall–Kier alpha value is -3.15. The first-order valence-electron chi connectivity index (χ1n) is 9.03. The van der Waals surface area contributed by atoms with Crippen molar-refractivity contribution in [2.75, 3.05) is 0 Å². The van der Waals surface area contributed by atoms with Gasteiger partial charge in [0.15, 0.2) is 0 Å². The van der Waals surface area contributed by atoms with Crippen LogP contribution in [0.2, 0.25) is 5.02 Å². The Bertz CT molecular complexity index is 955. The fourth-order valence-corrected chi connectivity index (χ4v) is 3.21. The number of aliphatic imine (C=N–C) groups is 1. The lowest BCUT2D eigenvalue weighted by Gasteiger charge is -2.31. The minimum Gasteiger partial charge on any atom is -0.290 e. The summed E-state index contributed by atoms with van der Waals surface area (Å²) < 4.78 is 0. The first kappa shape index (κ1) is 18.2. The SMILES string of the molecule is Clc1ccc(/C=N/NC2=NC(c3ccccc3)C(c3ccccc3)NN2)cc1. The minimum atomic E-state index is -0.0851. The summed E-state index contributed by atoms with van der Waals surface area (Å²) in [4.78, 5) is 4.85. The molecule has 1 heterocycles. The number of nitrogens with one attached hydrogen (secondary N) is 3. The van der Waals surface area contributed by atoms with E-state index in [1.807, 2.05) is 60.7 Å². The number of rotatable bonds is 4. The summed E-state index contributed by atoms with van der Waals surface area (Å²) in [6.07, 6.45) is 1.72. The molecule has 6 heteroatoms. The molecule has 0 aliphatic carbocycles. The number of hydrogen-bond acceptors (Lipinski definition) is 5. The van der Waals surface area contributed by atoms with E-state index in [-0.39, 0.29) is 12.1 Å². The van der Waals surface area contributed by atoms with E-state index >= 15 is 0 Å². The predicted molar refractivity (Wildman–Crippen MR) is 114 cm³/mol. The lowest BCUT2D eigenvalue weighted by molar-refractivity contribution is 0.402. The highest BCUT2D eigenvalue weighted by Gasteiger charge is 2.28. The average Bonchev–Trinajstić information content (AvgIpc) is 2.76. The molecule has 0 bridgehead atoms. The Kier molecular flexibility index (Phi) is 5.66. The maximum Gasteiger partial charge on any atom is 0.227 e. The second kappa shape index (κ2) is 8.69. The van der Waals surface area contributed by atoms with E-state index in [4.69, 9.17) is 16.6 Å². The smallest absolute Gasteiger partial charge is 0.227 e. The molecule has 5 nitrogen and oxygen atoms in total. The Morgan fingerprint density at radius 2 is 1.50 bits per heavy atom. The van der Waals surface area contributed by atoms with Crippen LogP contribution in [0.15, 0.2) is 95.0 Å². The van der Waals surface area contributed by atoms with E-state index in [9.17, 15) is 0 Å². The largest absolute Gasteiger partial charge is 0.290 e. The number of hydrazine groups is 1. The van der Waals surface area contributed by atoms with E-state index in [1.54, 1.807) is 6.21 Å². The number of nitrogens with zero attached hydrogens (tertiary/aromatic N) is 2. The Morgan fingerprint density at radius 3 is 2.18 bits per heavy atom. The Morgan fingerprint density at radius 1 is 0.857 bits per heavy atom. The third kappa shape index (κ3) is 4.39. The molecule has 2 atom stereocenters. The molecular formula is C22H20ClN5. The van der Waals surface area contributed by atoms with Crippen LogP contribution in [-0.4, -0.2) is 12.2 Å². The van der Waals surface area contributed by atoms with Crippen molar-refractivity contribution in [2.24, 2.45) is 10.1 Å². The van der Waals surface area contributed by atoms with Gasteiger partial charge in [-0.1, -0.05) is 84.4 Å². The van der Waals surface area contributed by atoms with Crippen molar-refractivity contribution in [3.63, 3.8) is 0 Å². The van der Waals surface area contributed by atoms with Crippen molar-refractivity contribution in [2.45, 2.75) is 12.1 Å². The molecule has 140 valence electrons. The van der Waals surface area contributed by atoms with E-state index in [2.05, 4.69) is 45.6 Å². The molecular weight excluding hydrogens is 370 g/mol. The normalized spacial score (nSPS) is 19.1. The van der Waals surface area contributed by atoms with E-state index < -0.39 is 0 Å². The molecule has 3 N–H and O–H groups in total. The molecule has 1 aliphatic rings. The average molecular weight is 390 g/mol. The fourth-order valence-electron chi connectivity index (χ4n) is 3.09. The van der Waals surface area contributed by atoms with Gasteiger partial charge in [0.2, 0.25) is 5.96 Å². The highest BCUT2D eigenvalue weighted by molar-refractivity contribution is 6.30. The molecule has 4 rings (SSSR count). The highest BCUT2D eigenvalue weighted by Crippen LogP contribution is 2.33. The Labute approximate surface area is 169 Å². The lowest BCUT2D eigenvalue weighted by atomic mass is 9.94. The molecule has 0 saturated heterocycles. The zero-order valence-electron chi connectivity index (χ0n) is 15.1. The number of guanidine groups is 1. The van der Waals surface area contributed by atoms with Crippen LogP contribution >= 0.6 is 11.6 Å². The summed E-state index contributed by atoms with van der Waals surface area (Å²) in [7, 11) is 0. The van der Waals surface area contributed by atoms with Gasteiger partial charge in [0.05, 0.1) is 12.3 Å². The maximum absolute atomic E-state index is 5.91. The Balaban J connectivity index is 1.55. The van der Waals surface area contributed by atoms with Gasteiger partial charge in [0.25, 0.3) is 0 Å². The molecule has 3 aromatic rings. The molecule has 0 amide bonds. The van der Waals surface area contributed by atoms with Gasteiger partial charge in [0.1, 0.15) is 6.04 Å². The van der Waals surface area contributed by atoms with Crippen molar-refractivity contribution in [1.29, 1.82) is 0 Å². The van der Waals surface area contributed by atoms with Gasteiger partial charge in [0, 0.05) is 5.02 Å². The number of benzene rings is 3. The number of halogens is 1. The van der Waals surface area contributed by atoms with Crippen LogP contribution < -0.4 is 16.3 Å². The first-order valence-corrected chi connectivity index (χ1v) is 9.41. The van der Waals surface area contributed by atoms with Crippen LogP contribution in [0.5, 0.6) is 0 Å². The van der Waals surface area contributed by atoms with Crippen LogP contribution in [0.25, 0.3) is 0 Å². The second-order valence-electron chi connectivity index (χ2n) is 6.41. The van der Waals surface area contributed by atoms with Gasteiger partial charge in [-0.3, -0.25) is 5.43 Å². The third-order valence-electron chi connectivity index (χ3n) is 4.48. The van der Waals surface area contributed by atoms with Crippen LogP contribution in [0, 0.1) is 0 Å². The molecule has 0 saturated carbocycles. The quantitative estimate of drug-likeness (QED) is 0.462. The molecule has 0 radical (unpaired) electrons. The predicted octanol–water partition coefficient (Wildman–Crippen LogP) is 4.21. The zero-order valence-corrected chi connectivity index (χ0v) is 15.8. The molecule has 28 heavy (non-hydrogen) atoms. The topological polar surface area (TPSA) is 60.8 Å². The molecule has 2 unspecified atom stereocenters. The molecule has 3 aromatic carbocycles. The van der Waals surface area contributed by atoms with Gasteiger partial charge in [-0.2, -0.15) is 5.10 Å². The summed E-state index contributed by atoms with van der Waals surface area (Å²) in [6.45, 7) is 0. The van der Waals surface area contributed by atoms with Crippen LogP contribution in [0.1, 0.15) is 28.8 Å². The van der Waals surface area contributed by atoms with Crippen LogP contribution in [0.4, 0.5) is 0 Å². The monoisotopic (exact) mass is 389 g/mol. The standard InChI is InChI=1S/C22H20ClN5/c23-19-13-11-16(12-14-19)15-24-27-22-25-20(17-7-3-1-4-8-17)21(26-28-22)18-9-5-2-6-10-18/h1-15,20-21,26H,(H2,25,27,28)/b24-15+. The molecule has 0 spiro atoms. The van der Waals surface area contributed by atoms with Crippen molar-refractivity contribution < 1.29 is 0 Å². The van der Waals surface area contributed by atoms with Crippen LogP contribution in [-0.2, 0) is 0 Å². The summed E-state index contributed by atoms with van der Waals surface area (Å²) in [5.41, 5.74) is 12.7. The first-order chi connectivity index (χ1) is 13.8. The van der Waals surface area contributed by atoms with Crippen molar-refractivity contribution in [3.05, 3.63) is 107 Å². The van der Waals surface area contributed by atoms with E-state index in [0.29, 0.717) is 11.0 Å². The van der Waals surface area contributed by atoms with E-state index in [0.717, 1.165) is 16.7 Å². The van der Waals surface area contributed by atoms with Gasteiger partial charge in [-0.15, -0.1) is 0 Å². The molecule has 0 fully saturated rings. The van der Waals surface area contributed by atoms with Crippen molar-refractivity contribution in [1.82, 2.24) is 16.3 Å². The van der Waals surface area contributed by atoms with E-state index in [1.165, 1.54) is 0 Å². The molecule has 0 aromatic heterocycles. The molecule has 1 aliphatic heterocycles. The second-order valence-corrected chi connectivity index (χ2v) is 6.85. The van der Waals surface area contributed by atoms with Gasteiger partial charge in [-0.25, -0.2) is 15.8 Å². The van der Waals surface area contributed by atoms with Crippen molar-refractivity contribution in [3.8, 4) is 0 Å². The summed E-state index contributed by atoms with van der Waals surface area (Å²) in [5, 5.41) is 4.97. The van der Waals surface area contributed by atoms with Gasteiger partial charge >= 0.3 is 0 Å². The van der Waals surface area contributed by atoms with Gasteiger partial charge < -0.3 is 0 Å². The summed E-state index contributed by atoms with van der Waals surface area (Å²) in [5.74, 6) is 0.561. The highest BCUT2D eigenvalue weighted by atomic mass is 35.5. The summed E-state index contributed by atoms with van der Waals surface area (Å²) >= 11 is 5.91. The summed E-state index contributed by atoms with van der Waals surface area (Å²) in [6, 6.07) is 27.9. The third-order valence-corrected chi connectivity index (χ3v) is 4.74. The lowest BCUT2D eigenvalue weighted by Crippen LogP contribution is -2.50.